The van der Waals surface area contributed by atoms with E-state index in [-0.39, 0.29) is 12.2 Å². The topological polar surface area (TPSA) is 41.6 Å². The fourth-order valence-electron chi connectivity index (χ4n) is 3.04. The average molecular weight is 254 g/mol. The quantitative estimate of drug-likeness (QED) is 0.828. The summed E-state index contributed by atoms with van der Waals surface area (Å²) in [6, 6.07) is 0. The number of ether oxygens (including phenoxy) is 1. The molecule has 4 nitrogen and oxygen atoms in total. The Labute approximate surface area is 110 Å². The highest BCUT2D eigenvalue weighted by Gasteiger charge is 2.26. The SMILES string of the molecule is C[C@@H]1CN(C(=O)CCC2CCCNC2)C[C@H](C)O1. The fourth-order valence-corrected chi connectivity index (χ4v) is 3.04. The number of nitrogens with one attached hydrogen (secondary N) is 1. The van der Waals surface area contributed by atoms with E-state index in [1.54, 1.807) is 0 Å². The molecule has 2 aliphatic rings. The molecule has 3 atom stereocenters. The summed E-state index contributed by atoms with van der Waals surface area (Å²) < 4.78 is 5.66. The first-order valence-electron chi connectivity index (χ1n) is 7.29. The van der Waals surface area contributed by atoms with Crippen LogP contribution in [-0.4, -0.2) is 49.2 Å². The predicted octanol–water partition coefficient (Wildman–Crippen LogP) is 1.40. The molecule has 2 rings (SSSR count). The van der Waals surface area contributed by atoms with Gasteiger partial charge in [0.25, 0.3) is 0 Å². The second-order valence-corrected chi connectivity index (χ2v) is 5.81. The summed E-state index contributed by atoms with van der Waals surface area (Å²) in [6.07, 6.45) is 4.61. The first-order chi connectivity index (χ1) is 8.65. The van der Waals surface area contributed by atoms with Crippen molar-refractivity contribution in [1.29, 1.82) is 0 Å². The van der Waals surface area contributed by atoms with Crippen LogP contribution >= 0.6 is 0 Å². The number of hydrogen-bond donors (Lipinski definition) is 1. The van der Waals surface area contributed by atoms with Gasteiger partial charge in [0.15, 0.2) is 0 Å². The maximum absolute atomic E-state index is 12.2. The Morgan fingerprint density at radius 3 is 2.67 bits per heavy atom. The molecule has 1 N–H and O–H groups in total. The normalized spacial score (nSPS) is 33.4. The number of nitrogens with zero attached hydrogens (tertiary/aromatic N) is 1. The highest BCUT2D eigenvalue weighted by molar-refractivity contribution is 5.76. The van der Waals surface area contributed by atoms with E-state index in [1.807, 2.05) is 18.7 Å². The van der Waals surface area contributed by atoms with Crippen LogP contribution in [0.25, 0.3) is 0 Å². The smallest absolute Gasteiger partial charge is 0.222 e. The number of morpholine rings is 1. The third-order valence-corrected chi connectivity index (χ3v) is 3.94. The molecule has 0 bridgehead atoms. The van der Waals surface area contributed by atoms with E-state index >= 15 is 0 Å². The van der Waals surface area contributed by atoms with Crippen molar-refractivity contribution in [1.82, 2.24) is 10.2 Å². The lowest BCUT2D eigenvalue weighted by atomic mass is 9.94. The van der Waals surface area contributed by atoms with E-state index in [0.29, 0.717) is 18.2 Å². The number of carbonyl (C=O) groups is 1. The zero-order chi connectivity index (χ0) is 13.0. The molecule has 0 radical (unpaired) electrons. The van der Waals surface area contributed by atoms with Crippen molar-refractivity contribution in [2.75, 3.05) is 26.2 Å². The molecule has 2 fully saturated rings. The van der Waals surface area contributed by atoms with Crippen molar-refractivity contribution < 1.29 is 9.53 Å². The van der Waals surface area contributed by atoms with Crippen molar-refractivity contribution in [2.45, 2.75) is 51.7 Å². The maximum Gasteiger partial charge on any atom is 0.222 e. The van der Waals surface area contributed by atoms with Gasteiger partial charge in [0.2, 0.25) is 5.91 Å². The van der Waals surface area contributed by atoms with Gasteiger partial charge in [0, 0.05) is 19.5 Å². The average Bonchev–Trinajstić information content (AvgIpc) is 2.36. The molecule has 18 heavy (non-hydrogen) atoms. The number of piperidine rings is 1. The van der Waals surface area contributed by atoms with E-state index in [0.717, 1.165) is 32.6 Å². The molecule has 2 saturated heterocycles. The minimum atomic E-state index is 0.175. The molecule has 0 aromatic heterocycles. The Kier molecular flexibility index (Phi) is 5.01. The summed E-state index contributed by atoms with van der Waals surface area (Å²) in [6.45, 7) is 7.83. The van der Waals surface area contributed by atoms with Crippen molar-refractivity contribution in [3.05, 3.63) is 0 Å². The lowest BCUT2D eigenvalue weighted by Gasteiger charge is -2.35. The van der Waals surface area contributed by atoms with E-state index in [9.17, 15) is 4.79 Å². The number of amides is 1. The third-order valence-electron chi connectivity index (χ3n) is 3.94. The Bertz CT molecular complexity index is 267. The fraction of sp³-hybridized carbons (Fsp3) is 0.929. The lowest BCUT2D eigenvalue weighted by molar-refractivity contribution is -0.143. The van der Waals surface area contributed by atoms with Gasteiger partial charge >= 0.3 is 0 Å². The Balaban J connectivity index is 1.73. The highest BCUT2D eigenvalue weighted by atomic mass is 16.5. The van der Waals surface area contributed by atoms with Crippen molar-refractivity contribution in [2.24, 2.45) is 5.92 Å². The van der Waals surface area contributed by atoms with Crippen LogP contribution < -0.4 is 5.32 Å². The van der Waals surface area contributed by atoms with Gasteiger partial charge in [-0.2, -0.15) is 0 Å². The van der Waals surface area contributed by atoms with Crippen molar-refractivity contribution >= 4 is 5.91 Å². The van der Waals surface area contributed by atoms with Crippen molar-refractivity contribution in [3.8, 4) is 0 Å². The van der Waals surface area contributed by atoms with Gasteiger partial charge < -0.3 is 15.0 Å². The first kappa shape index (κ1) is 13.8. The Hall–Kier alpha value is -0.610. The van der Waals surface area contributed by atoms with Gasteiger partial charge in [0.05, 0.1) is 12.2 Å². The molecule has 1 unspecified atom stereocenters. The van der Waals surface area contributed by atoms with Gasteiger partial charge in [-0.15, -0.1) is 0 Å². The number of hydrogen-bond acceptors (Lipinski definition) is 3. The third kappa shape index (κ3) is 3.95. The monoisotopic (exact) mass is 254 g/mol. The zero-order valence-electron chi connectivity index (χ0n) is 11.7. The van der Waals surface area contributed by atoms with Gasteiger partial charge in [-0.05, 0) is 52.1 Å². The number of carbonyl (C=O) groups excluding carboxylic acids is 1. The zero-order valence-corrected chi connectivity index (χ0v) is 11.7. The molecule has 0 aliphatic carbocycles. The molecule has 4 heteroatoms. The molecular weight excluding hydrogens is 228 g/mol. The van der Waals surface area contributed by atoms with Crippen LogP contribution in [0.2, 0.25) is 0 Å². The molecule has 0 aromatic carbocycles. The molecule has 2 aliphatic heterocycles. The molecule has 2 heterocycles. The largest absolute Gasteiger partial charge is 0.372 e. The summed E-state index contributed by atoms with van der Waals surface area (Å²) in [5.41, 5.74) is 0. The summed E-state index contributed by atoms with van der Waals surface area (Å²) >= 11 is 0. The van der Waals surface area contributed by atoms with Gasteiger partial charge in [-0.3, -0.25) is 4.79 Å². The van der Waals surface area contributed by atoms with Crippen LogP contribution in [0.3, 0.4) is 0 Å². The first-order valence-corrected chi connectivity index (χ1v) is 7.29. The van der Waals surface area contributed by atoms with Crippen LogP contribution in [0.4, 0.5) is 0 Å². The maximum atomic E-state index is 12.2. The molecule has 104 valence electrons. The second kappa shape index (κ2) is 6.53. The van der Waals surface area contributed by atoms with E-state index in [2.05, 4.69) is 5.32 Å². The molecule has 0 spiro atoms. The van der Waals surface area contributed by atoms with Crippen LogP contribution in [0.5, 0.6) is 0 Å². The summed E-state index contributed by atoms with van der Waals surface area (Å²) in [5.74, 6) is 1.00. The van der Waals surface area contributed by atoms with Gasteiger partial charge in [0.1, 0.15) is 0 Å². The molecule has 0 saturated carbocycles. The molecule has 1 amide bonds. The second-order valence-electron chi connectivity index (χ2n) is 5.81. The van der Waals surface area contributed by atoms with E-state index in [4.69, 9.17) is 4.74 Å². The van der Waals surface area contributed by atoms with Crippen LogP contribution in [0.15, 0.2) is 0 Å². The van der Waals surface area contributed by atoms with Gasteiger partial charge in [-0.1, -0.05) is 0 Å². The minimum absolute atomic E-state index is 0.175. The highest BCUT2D eigenvalue weighted by Crippen LogP contribution is 2.18. The lowest BCUT2D eigenvalue weighted by Crippen LogP contribution is -2.48. The summed E-state index contributed by atoms with van der Waals surface area (Å²) in [5, 5.41) is 3.41. The van der Waals surface area contributed by atoms with E-state index in [1.165, 1.54) is 12.8 Å². The minimum Gasteiger partial charge on any atom is -0.372 e. The van der Waals surface area contributed by atoms with Crippen molar-refractivity contribution in [3.63, 3.8) is 0 Å². The van der Waals surface area contributed by atoms with Crippen LogP contribution in [0.1, 0.15) is 39.5 Å². The molecular formula is C14H26N2O2. The van der Waals surface area contributed by atoms with Crippen LogP contribution in [0, 0.1) is 5.92 Å². The Morgan fingerprint density at radius 1 is 1.33 bits per heavy atom. The number of rotatable bonds is 3. The standard InChI is InChI=1S/C14H26N2O2/c1-11-9-16(10-12(2)18-11)14(17)6-5-13-4-3-7-15-8-13/h11-13,15H,3-10H2,1-2H3/t11-,12+,13?. The van der Waals surface area contributed by atoms with Gasteiger partial charge in [-0.25, -0.2) is 0 Å². The predicted molar refractivity (Wildman–Crippen MR) is 71.4 cm³/mol. The molecule has 0 aromatic rings. The van der Waals surface area contributed by atoms with E-state index < -0.39 is 0 Å². The van der Waals surface area contributed by atoms with Crippen LogP contribution in [-0.2, 0) is 9.53 Å². The summed E-state index contributed by atoms with van der Waals surface area (Å²) in [4.78, 5) is 14.2. The summed E-state index contributed by atoms with van der Waals surface area (Å²) in [7, 11) is 0. The Morgan fingerprint density at radius 2 is 2.06 bits per heavy atom.